The highest BCUT2D eigenvalue weighted by molar-refractivity contribution is 4.54. The van der Waals surface area contributed by atoms with Gasteiger partial charge in [-0.25, -0.2) is 0 Å². The number of aliphatic hydroxyl groups excluding tert-OH is 1. The molecule has 0 saturated heterocycles. The second kappa shape index (κ2) is 10.3. The summed E-state index contributed by atoms with van der Waals surface area (Å²) in [5.74, 6) is 0.489. The Morgan fingerprint density at radius 3 is 2.53 bits per heavy atom. The fraction of sp³-hybridized carbons (Fsp3) is 1.00. The summed E-state index contributed by atoms with van der Waals surface area (Å²) in [5, 5.41) is 9.42. The van der Waals surface area contributed by atoms with Crippen LogP contribution in [-0.4, -0.2) is 51.3 Å². The summed E-state index contributed by atoms with van der Waals surface area (Å²) in [6, 6.07) is 0. The first-order valence-corrected chi connectivity index (χ1v) is 5.26. The fourth-order valence-corrected chi connectivity index (χ4v) is 0.851. The van der Waals surface area contributed by atoms with Crippen molar-refractivity contribution in [2.75, 3.05) is 40.1 Å². The fourth-order valence-electron chi connectivity index (χ4n) is 0.851. The minimum absolute atomic E-state index is 0.332. The van der Waals surface area contributed by atoms with Crippen molar-refractivity contribution in [1.29, 1.82) is 0 Å². The van der Waals surface area contributed by atoms with Crippen molar-refractivity contribution in [3.8, 4) is 0 Å². The van der Waals surface area contributed by atoms with Crippen LogP contribution in [0.2, 0.25) is 0 Å². The normalized spacial score (nSPS) is 13.4. The van der Waals surface area contributed by atoms with Gasteiger partial charge in [-0.2, -0.15) is 5.48 Å². The van der Waals surface area contributed by atoms with Gasteiger partial charge in [0.1, 0.15) is 0 Å². The molecule has 92 valence electrons. The van der Waals surface area contributed by atoms with Gasteiger partial charge in [-0.1, -0.05) is 13.8 Å². The summed E-state index contributed by atoms with van der Waals surface area (Å²) in [7, 11) is 1.61. The summed E-state index contributed by atoms with van der Waals surface area (Å²) < 4.78 is 10.1. The zero-order valence-corrected chi connectivity index (χ0v) is 9.86. The van der Waals surface area contributed by atoms with Crippen LogP contribution in [0.15, 0.2) is 0 Å². The van der Waals surface area contributed by atoms with Crippen molar-refractivity contribution in [1.82, 2.24) is 5.48 Å². The van der Waals surface area contributed by atoms with Gasteiger partial charge in [0, 0.05) is 20.3 Å². The molecule has 0 bridgehead atoms. The molecule has 0 aliphatic carbocycles. The Balaban J connectivity index is 3.15. The van der Waals surface area contributed by atoms with Gasteiger partial charge in [0.05, 0.1) is 25.9 Å². The van der Waals surface area contributed by atoms with E-state index < -0.39 is 6.10 Å². The van der Waals surface area contributed by atoms with Gasteiger partial charge in [0.15, 0.2) is 0 Å². The van der Waals surface area contributed by atoms with E-state index in [2.05, 4.69) is 19.3 Å². The molecular weight excluding hydrogens is 198 g/mol. The molecule has 0 aromatic heterocycles. The zero-order chi connectivity index (χ0) is 11.5. The third-order valence-electron chi connectivity index (χ3n) is 1.57. The Morgan fingerprint density at radius 1 is 1.20 bits per heavy atom. The van der Waals surface area contributed by atoms with Crippen LogP contribution in [0, 0.1) is 5.92 Å². The SMILES string of the molecule is COCCONCC(O)COCC(C)C. The highest BCUT2D eigenvalue weighted by atomic mass is 16.7. The minimum atomic E-state index is -0.536. The summed E-state index contributed by atoms with van der Waals surface area (Å²) in [5.41, 5.74) is 2.65. The maximum absolute atomic E-state index is 9.42. The van der Waals surface area contributed by atoms with Crippen molar-refractivity contribution in [2.45, 2.75) is 20.0 Å². The molecule has 0 spiro atoms. The Labute approximate surface area is 91.7 Å². The van der Waals surface area contributed by atoms with Gasteiger partial charge in [0.25, 0.3) is 0 Å². The van der Waals surface area contributed by atoms with E-state index in [0.717, 1.165) is 0 Å². The maximum atomic E-state index is 9.42. The van der Waals surface area contributed by atoms with Crippen LogP contribution in [0.1, 0.15) is 13.8 Å². The van der Waals surface area contributed by atoms with Gasteiger partial charge in [-0.3, -0.25) is 4.84 Å². The Kier molecular flexibility index (Phi) is 10.2. The molecule has 0 amide bonds. The molecule has 0 aromatic rings. The van der Waals surface area contributed by atoms with Crippen LogP contribution < -0.4 is 5.48 Å². The number of hydrogen-bond acceptors (Lipinski definition) is 5. The van der Waals surface area contributed by atoms with Crippen LogP contribution >= 0.6 is 0 Å². The summed E-state index contributed by atoms with van der Waals surface area (Å²) in [6.45, 7) is 6.50. The van der Waals surface area contributed by atoms with E-state index in [-0.39, 0.29) is 0 Å². The third kappa shape index (κ3) is 11.7. The van der Waals surface area contributed by atoms with E-state index in [4.69, 9.17) is 14.3 Å². The molecule has 1 atom stereocenters. The number of aliphatic hydroxyl groups is 1. The highest BCUT2D eigenvalue weighted by Gasteiger charge is 2.04. The van der Waals surface area contributed by atoms with E-state index in [0.29, 0.717) is 38.9 Å². The van der Waals surface area contributed by atoms with Crippen molar-refractivity contribution in [2.24, 2.45) is 5.92 Å². The summed E-state index contributed by atoms with van der Waals surface area (Å²) in [4.78, 5) is 4.98. The van der Waals surface area contributed by atoms with E-state index in [1.807, 2.05) is 0 Å². The number of hydrogen-bond donors (Lipinski definition) is 2. The molecule has 0 aliphatic heterocycles. The van der Waals surface area contributed by atoms with E-state index in [1.54, 1.807) is 7.11 Å². The molecule has 15 heavy (non-hydrogen) atoms. The molecule has 0 saturated carbocycles. The topological polar surface area (TPSA) is 60.0 Å². The first-order valence-electron chi connectivity index (χ1n) is 5.26. The summed E-state index contributed by atoms with van der Waals surface area (Å²) >= 11 is 0. The maximum Gasteiger partial charge on any atom is 0.0920 e. The van der Waals surface area contributed by atoms with Gasteiger partial charge in [-0.15, -0.1) is 0 Å². The lowest BCUT2D eigenvalue weighted by Crippen LogP contribution is -2.31. The van der Waals surface area contributed by atoms with Crippen LogP contribution in [0.3, 0.4) is 0 Å². The second-order valence-electron chi connectivity index (χ2n) is 3.77. The third-order valence-corrected chi connectivity index (χ3v) is 1.57. The minimum Gasteiger partial charge on any atom is -0.389 e. The van der Waals surface area contributed by atoms with Crippen LogP contribution in [0.5, 0.6) is 0 Å². The molecule has 5 nitrogen and oxygen atoms in total. The Bertz CT molecular complexity index is 133. The molecule has 1 unspecified atom stereocenters. The highest BCUT2D eigenvalue weighted by Crippen LogP contribution is 1.93. The van der Waals surface area contributed by atoms with Crippen LogP contribution in [0.4, 0.5) is 0 Å². The molecule has 2 N–H and O–H groups in total. The van der Waals surface area contributed by atoms with Gasteiger partial charge < -0.3 is 14.6 Å². The molecule has 0 fully saturated rings. The van der Waals surface area contributed by atoms with E-state index >= 15 is 0 Å². The van der Waals surface area contributed by atoms with Crippen molar-refractivity contribution in [3.63, 3.8) is 0 Å². The van der Waals surface area contributed by atoms with Gasteiger partial charge in [-0.05, 0) is 5.92 Å². The van der Waals surface area contributed by atoms with Crippen molar-refractivity contribution in [3.05, 3.63) is 0 Å². The molecule has 5 heteroatoms. The molecule has 0 aliphatic rings. The number of hydroxylamine groups is 1. The zero-order valence-electron chi connectivity index (χ0n) is 9.86. The lowest BCUT2D eigenvalue weighted by Gasteiger charge is -2.13. The molecule has 0 radical (unpaired) electrons. The predicted molar refractivity (Wildman–Crippen MR) is 57.5 cm³/mol. The number of methoxy groups -OCH3 is 1. The molecule has 0 aromatic carbocycles. The molecule has 0 heterocycles. The standard InChI is InChI=1S/C10H23NO4/c1-9(2)7-14-8-10(12)6-11-15-5-4-13-3/h9-12H,4-8H2,1-3H3. The van der Waals surface area contributed by atoms with Gasteiger partial charge in [0.2, 0.25) is 0 Å². The lowest BCUT2D eigenvalue weighted by molar-refractivity contribution is -0.0313. The van der Waals surface area contributed by atoms with Crippen LogP contribution in [-0.2, 0) is 14.3 Å². The lowest BCUT2D eigenvalue weighted by atomic mass is 10.2. The largest absolute Gasteiger partial charge is 0.389 e. The van der Waals surface area contributed by atoms with Crippen molar-refractivity contribution >= 4 is 0 Å². The Morgan fingerprint density at radius 2 is 1.93 bits per heavy atom. The average molecular weight is 221 g/mol. The number of ether oxygens (including phenoxy) is 2. The summed E-state index contributed by atoms with van der Waals surface area (Å²) in [6.07, 6.45) is -0.536. The van der Waals surface area contributed by atoms with Gasteiger partial charge >= 0.3 is 0 Å². The monoisotopic (exact) mass is 221 g/mol. The molecular formula is C10H23NO4. The first-order chi connectivity index (χ1) is 7.16. The van der Waals surface area contributed by atoms with Crippen molar-refractivity contribution < 1.29 is 19.4 Å². The average Bonchev–Trinajstić information content (AvgIpc) is 2.17. The Hall–Kier alpha value is -0.200. The predicted octanol–water partition coefficient (Wildman–Crippen LogP) is 0.187. The number of rotatable bonds is 10. The first kappa shape index (κ1) is 14.8. The number of nitrogens with one attached hydrogen (secondary N) is 1. The van der Waals surface area contributed by atoms with Crippen LogP contribution in [0.25, 0.3) is 0 Å². The molecule has 0 rings (SSSR count). The smallest absolute Gasteiger partial charge is 0.0920 e. The quantitative estimate of drug-likeness (QED) is 0.407. The second-order valence-corrected chi connectivity index (χ2v) is 3.77. The van der Waals surface area contributed by atoms with E-state index in [9.17, 15) is 5.11 Å². The van der Waals surface area contributed by atoms with E-state index in [1.165, 1.54) is 0 Å².